The number of anilines is 1. The van der Waals surface area contributed by atoms with Gasteiger partial charge in [0.05, 0.1) is 0 Å². The Morgan fingerprint density at radius 2 is 1.67 bits per heavy atom. The van der Waals surface area contributed by atoms with Crippen molar-refractivity contribution in [1.82, 2.24) is 19.5 Å². The second kappa shape index (κ2) is 11.3. The predicted octanol–water partition coefficient (Wildman–Crippen LogP) is 7.39. The fourth-order valence-corrected chi connectivity index (χ4v) is 7.30. The summed E-state index contributed by atoms with van der Waals surface area (Å²) >= 11 is 0. The van der Waals surface area contributed by atoms with E-state index < -0.39 is 5.97 Å². The molecule has 7 nitrogen and oxygen atoms in total. The molecule has 1 aromatic carbocycles. The summed E-state index contributed by atoms with van der Waals surface area (Å²) < 4.78 is 2.42. The van der Waals surface area contributed by atoms with Gasteiger partial charge in [-0.05, 0) is 74.7 Å². The van der Waals surface area contributed by atoms with Crippen LogP contribution in [-0.2, 0) is 6.54 Å². The van der Waals surface area contributed by atoms with Gasteiger partial charge >= 0.3 is 5.97 Å². The van der Waals surface area contributed by atoms with Crippen molar-refractivity contribution in [2.45, 2.75) is 109 Å². The molecule has 39 heavy (non-hydrogen) atoms. The van der Waals surface area contributed by atoms with E-state index in [-0.39, 0.29) is 17.8 Å². The number of nitrogens with one attached hydrogen (secondary N) is 1. The summed E-state index contributed by atoms with van der Waals surface area (Å²) in [5, 5.41) is 13.5. The summed E-state index contributed by atoms with van der Waals surface area (Å²) in [5.41, 5.74) is 2.81. The summed E-state index contributed by atoms with van der Waals surface area (Å²) in [5.74, 6) is 3.11. The average Bonchev–Trinajstić information content (AvgIpc) is 3.27. The maximum absolute atomic E-state index is 12.1. The molecule has 3 fully saturated rings. The number of nitrogens with zero attached hydrogens (tertiary/aromatic N) is 4. The van der Waals surface area contributed by atoms with E-state index in [4.69, 9.17) is 4.98 Å². The Labute approximate surface area is 231 Å². The van der Waals surface area contributed by atoms with Gasteiger partial charge in [-0.2, -0.15) is 0 Å². The van der Waals surface area contributed by atoms with Crippen LogP contribution in [0.5, 0.6) is 0 Å². The molecule has 3 aromatic rings. The third-order valence-corrected chi connectivity index (χ3v) is 9.95. The third kappa shape index (κ3) is 5.42. The van der Waals surface area contributed by atoms with Crippen molar-refractivity contribution in [3.05, 3.63) is 47.5 Å². The third-order valence-electron chi connectivity index (χ3n) is 9.95. The van der Waals surface area contributed by atoms with E-state index in [1.54, 1.807) is 0 Å². The summed E-state index contributed by atoms with van der Waals surface area (Å²) in [6.07, 6.45) is 13.3. The number of carboxylic acids is 1. The zero-order valence-corrected chi connectivity index (χ0v) is 23.5. The van der Waals surface area contributed by atoms with Crippen LogP contribution >= 0.6 is 0 Å². The lowest BCUT2D eigenvalue weighted by Crippen LogP contribution is -2.31. The van der Waals surface area contributed by atoms with E-state index in [2.05, 4.69) is 64.0 Å². The first-order valence-electron chi connectivity index (χ1n) is 15.3. The monoisotopic (exact) mass is 529 g/mol. The molecule has 2 unspecified atom stereocenters. The Balaban J connectivity index is 1.47. The number of imidazole rings is 1. The molecular weight excluding hydrogens is 486 g/mol. The van der Waals surface area contributed by atoms with Crippen LogP contribution in [0.25, 0.3) is 11.2 Å². The van der Waals surface area contributed by atoms with Crippen LogP contribution in [0.2, 0.25) is 0 Å². The molecule has 7 heteroatoms. The molecule has 2 N–H and O–H groups in total. The van der Waals surface area contributed by atoms with E-state index in [1.807, 2.05) is 0 Å². The SMILES string of the molecule is CC1CCC(Cn2c(C3CCCCC3c3ccccc3)nc3nc(C(=O)O)nc(N[C@H](C)C4CCC4)c32)CC1. The van der Waals surface area contributed by atoms with Gasteiger partial charge in [0.1, 0.15) is 11.3 Å². The quantitative estimate of drug-likeness (QED) is 0.316. The molecule has 0 aliphatic heterocycles. The summed E-state index contributed by atoms with van der Waals surface area (Å²) in [4.78, 5) is 26.4. The van der Waals surface area contributed by atoms with Gasteiger partial charge in [0, 0.05) is 18.5 Å². The highest BCUT2D eigenvalue weighted by Crippen LogP contribution is 2.45. The van der Waals surface area contributed by atoms with E-state index in [0.29, 0.717) is 29.2 Å². The Morgan fingerprint density at radius 3 is 2.33 bits per heavy atom. The highest BCUT2D eigenvalue weighted by Gasteiger charge is 2.35. The minimum atomic E-state index is -1.10. The Morgan fingerprint density at radius 1 is 0.949 bits per heavy atom. The minimum absolute atomic E-state index is 0.170. The van der Waals surface area contributed by atoms with Crippen LogP contribution in [0.4, 0.5) is 5.82 Å². The molecule has 2 aromatic heterocycles. The lowest BCUT2D eigenvalue weighted by atomic mass is 9.75. The Bertz CT molecular complexity index is 1290. The molecule has 0 bridgehead atoms. The number of rotatable bonds is 8. The van der Waals surface area contributed by atoms with Crippen LogP contribution in [0.15, 0.2) is 30.3 Å². The standard InChI is InChI=1S/C32H43N5O2/c1-20-15-17-22(18-16-20)19-37-27-28(33-21(2)23-11-8-12-23)34-30(32(38)39)35-29(27)36-31(37)26-14-7-6-13-25(26)24-9-4-3-5-10-24/h3-5,9-10,20-23,25-26H,6-8,11-19H2,1-2H3,(H,38,39)(H,33,34,35)/t20?,21-,22?,25?,26?/m1/s1. The Kier molecular flexibility index (Phi) is 7.59. The van der Waals surface area contributed by atoms with Crippen LogP contribution in [0.3, 0.4) is 0 Å². The van der Waals surface area contributed by atoms with Crippen molar-refractivity contribution in [3.8, 4) is 0 Å². The number of hydrogen-bond acceptors (Lipinski definition) is 5. The summed E-state index contributed by atoms with van der Waals surface area (Å²) in [6.45, 7) is 5.47. The molecule has 3 saturated carbocycles. The number of aromatic carboxylic acids is 1. The summed E-state index contributed by atoms with van der Waals surface area (Å²) in [7, 11) is 0. The first kappa shape index (κ1) is 26.3. The molecule has 6 rings (SSSR count). The number of hydrogen-bond donors (Lipinski definition) is 2. The molecule has 3 aliphatic rings. The second-order valence-electron chi connectivity index (χ2n) is 12.6. The van der Waals surface area contributed by atoms with Gasteiger partial charge in [-0.1, -0.05) is 69.4 Å². The van der Waals surface area contributed by atoms with Gasteiger partial charge in [0.25, 0.3) is 0 Å². The van der Waals surface area contributed by atoms with Gasteiger partial charge in [-0.3, -0.25) is 0 Å². The molecule has 0 radical (unpaired) electrons. The predicted molar refractivity (Wildman–Crippen MR) is 154 cm³/mol. The smallest absolute Gasteiger partial charge is 0.374 e. The van der Waals surface area contributed by atoms with E-state index in [1.165, 1.54) is 63.4 Å². The molecule has 0 saturated heterocycles. The number of benzene rings is 1. The summed E-state index contributed by atoms with van der Waals surface area (Å²) in [6, 6.07) is 11.1. The molecule has 0 amide bonds. The van der Waals surface area contributed by atoms with Crippen molar-refractivity contribution in [2.75, 3.05) is 5.32 Å². The average molecular weight is 530 g/mol. The zero-order valence-electron chi connectivity index (χ0n) is 23.5. The maximum atomic E-state index is 12.1. The number of carbonyl (C=O) groups is 1. The Hall–Kier alpha value is -2.96. The van der Waals surface area contributed by atoms with E-state index in [9.17, 15) is 9.90 Å². The van der Waals surface area contributed by atoms with Gasteiger partial charge in [0.15, 0.2) is 11.5 Å². The van der Waals surface area contributed by atoms with Crippen LogP contribution in [-0.4, -0.2) is 36.6 Å². The van der Waals surface area contributed by atoms with E-state index in [0.717, 1.165) is 36.6 Å². The number of aromatic nitrogens is 4. The van der Waals surface area contributed by atoms with Crippen molar-refractivity contribution in [3.63, 3.8) is 0 Å². The van der Waals surface area contributed by atoms with Crippen molar-refractivity contribution >= 4 is 23.0 Å². The largest absolute Gasteiger partial charge is 0.475 e. The number of carboxylic acid groups (broad SMARTS) is 1. The van der Waals surface area contributed by atoms with Gasteiger partial charge in [-0.25, -0.2) is 19.7 Å². The van der Waals surface area contributed by atoms with Gasteiger partial charge in [-0.15, -0.1) is 0 Å². The van der Waals surface area contributed by atoms with Gasteiger partial charge in [0.2, 0.25) is 5.82 Å². The molecule has 3 atom stereocenters. The molecule has 208 valence electrons. The molecule has 2 heterocycles. The van der Waals surface area contributed by atoms with Crippen LogP contribution in [0.1, 0.15) is 118 Å². The fourth-order valence-electron chi connectivity index (χ4n) is 7.30. The van der Waals surface area contributed by atoms with E-state index >= 15 is 0 Å². The van der Waals surface area contributed by atoms with Crippen molar-refractivity contribution in [2.24, 2.45) is 17.8 Å². The topological polar surface area (TPSA) is 92.9 Å². The normalized spacial score (nSPS) is 26.7. The van der Waals surface area contributed by atoms with Gasteiger partial charge < -0.3 is 15.0 Å². The molecular formula is C32H43N5O2. The number of fused-ring (bicyclic) bond motifs is 1. The lowest BCUT2D eigenvalue weighted by Gasteiger charge is -2.34. The fraction of sp³-hybridized carbons (Fsp3) is 0.625. The van der Waals surface area contributed by atoms with Crippen LogP contribution in [0, 0.1) is 17.8 Å². The highest BCUT2D eigenvalue weighted by molar-refractivity contribution is 5.90. The minimum Gasteiger partial charge on any atom is -0.475 e. The molecule has 0 spiro atoms. The van der Waals surface area contributed by atoms with Crippen LogP contribution < -0.4 is 5.32 Å². The second-order valence-corrected chi connectivity index (χ2v) is 12.6. The maximum Gasteiger partial charge on any atom is 0.374 e. The zero-order chi connectivity index (χ0) is 26.9. The highest BCUT2D eigenvalue weighted by atomic mass is 16.4. The van der Waals surface area contributed by atoms with Crippen molar-refractivity contribution in [1.29, 1.82) is 0 Å². The van der Waals surface area contributed by atoms with Crippen molar-refractivity contribution < 1.29 is 9.90 Å². The first-order chi connectivity index (χ1) is 19.0. The molecule has 3 aliphatic carbocycles. The first-order valence-corrected chi connectivity index (χ1v) is 15.3. The lowest BCUT2D eigenvalue weighted by molar-refractivity contribution is 0.0684.